The molecule has 0 unspecified atom stereocenters. The summed E-state index contributed by atoms with van der Waals surface area (Å²) in [6, 6.07) is 6.05. The highest BCUT2D eigenvalue weighted by Crippen LogP contribution is 2.20. The maximum absolute atomic E-state index is 5.10. The molecule has 0 radical (unpaired) electrons. The lowest BCUT2D eigenvalue weighted by Crippen LogP contribution is -2.19. The molecule has 3 rings (SSSR count). The van der Waals surface area contributed by atoms with Crippen LogP contribution in [0.25, 0.3) is 0 Å². The molecule has 1 aliphatic rings. The smallest absolute Gasteiger partial charge is 0.218 e. The van der Waals surface area contributed by atoms with Crippen molar-refractivity contribution in [3.63, 3.8) is 0 Å². The van der Waals surface area contributed by atoms with Crippen LogP contribution >= 0.6 is 0 Å². The van der Waals surface area contributed by atoms with Crippen LogP contribution in [-0.4, -0.2) is 35.2 Å². The molecule has 1 aliphatic heterocycles. The molecule has 6 nitrogen and oxygen atoms in total. The van der Waals surface area contributed by atoms with Crippen molar-refractivity contribution >= 4 is 11.6 Å². The number of anilines is 2. The molecule has 2 aromatic rings. The minimum Gasteiger partial charge on any atom is -0.481 e. The molecule has 1 N–H and O–H groups in total. The summed E-state index contributed by atoms with van der Waals surface area (Å²) in [6.07, 6.45) is 4.00. The first-order chi connectivity index (χ1) is 10.7. The van der Waals surface area contributed by atoms with E-state index in [2.05, 4.69) is 37.3 Å². The molecule has 0 saturated carbocycles. The summed E-state index contributed by atoms with van der Waals surface area (Å²) in [5.41, 5.74) is 2.24. The van der Waals surface area contributed by atoms with Crippen LogP contribution in [0, 0.1) is 6.92 Å². The molecular formula is C16H21N5O. The average molecular weight is 299 g/mol. The third-order valence-corrected chi connectivity index (χ3v) is 3.75. The van der Waals surface area contributed by atoms with E-state index < -0.39 is 0 Å². The first kappa shape index (κ1) is 14.6. The summed E-state index contributed by atoms with van der Waals surface area (Å²) in [5, 5.41) is 3.30. The first-order valence-corrected chi connectivity index (χ1v) is 7.57. The van der Waals surface area contributed by atoms with Gasteiger partial charge in [0, 0.05) is 31.4 Å². The van der Waals surface area contributed by atoms with E-state index in [1.165, 1.54) is 24.7 Å². The number of aromatic nitrogens is 3. The number of pyridine rings is 1. The highest BCUT2D eigenvalue weighted by atomic mass is 16.5. The highest BCUT2D eigenvalue weighted by Gasteiger charge is 2.14. The Balaban J connectivity index is 1.71. The van der Waals surface area contributed by atoms with Gasteiger partial charge in [-0.1, -0.05) is 0 Å². The standard InChI is InChI=1S/C16H21N5O/c1-12-7-13(8-15(20-12)21-5-3-4-6-21)10-17-14-9-16(22-2)19-11-18-14/h7-9,11H,3-6,10H2,1-2H3,(H,17,18,19). The van der Waals surface area contributed by atoms with Gasteiger partial charge in [-0.05, 0) is 37.5 Å². The SMILES string of the molecule is COc1cc(NCc2cc(C)nc(N3CCCC3)c2)ncn1. The molecule has 116 valence electrons. The summed E-state index contributed by atoms with van der Waals surface area (Å²) in [7, 11) is 1.60. The fourth-order valence-corrected chi connectivity index (χ4v) is 2.67. The third kappa shape index (κ3) is 3.44. The Bertz CT molecular complexity index is 640. The number of ether oxygens (including phenoxy) is 1. The second-order valence-corrected chi connectivity index (χ2v) is 5.47. The Morgan fingerprint density at radius 3 is 2.77 bits per heavy atom. The van der Waals surface area contributed by atoms with Crippen LogP contribution in [0.3, 0.4) is 0 Å². The van der Waals surface area contributed by atoms with Crippen molar-refractivity contribution in [2.24, 2.45) is 0 Å². The molecule has 0 amide bonds. The van der Waals surface area contributed by atoms with Gasteiger partial charge in [0.25, 0.3) is 0 Å². The lowest BCUT2D eigenvalue weighted by molar-refractivity contribution is 0.397. The van der Waals surface area contributed by atoms with Crippen LogP contribution in [0.15, 0.2) is 24.5 Å². The largest absolute Gasteiger partial charge is 0.481 e. The van der Waals surface area contributed by atoms with Crippen molar-refractivity contribution in [2.45, 2.75) is 26.3 Å². The van der Waals surface area contributed by atoms with E-state index >= 15 is 0 Å². The third-order valence-electron chi connectivity index (χ3n) is 3.75. The zero-order valence-electron chi connectivity index (χ0n) is 13.0. The zero-order chi connectivity index (χ0) is 15.4. The van der Waals surface area contributed by atoms with E-state index in [9.17, 15) is 0 Å². The minimum atomic E-state index is 0.557. The van der Waals surface area contributed by atoms with Gasteiger partial charge in [-0.15, -0.1) is 0 Å². The number of methoxy groups -OCH3 is 1. The van der Waals surface area contributed by atoms with Crippen molar-refractivity contribution in [2.75, 3.05) is 30.4 Å². The van der Waals surface area contributed by atoms with E-state index in [0.717, 1.165) is 30.4 Å². The number of nitrogens with zero attached hydrogens (tertiary/aromatic N) is 4. The average Bonchev–Trinajstić information content (AvgIpc) is 3.07. The Morgan fingerprint density at radius 1 is 1.18 bits per heavy atom. The summed E-state index contributed by atoms with van der Waals surface area (Å²) >= 11 is 0. The second-order valence-electron chi connectivity index (χ2n) is 5.47. The summed E-state index contributed by atoms with van der Waals surface area (Å²) < 4.78 is 5.10. The number of nitrogens with one attached hydrogen (secondary N) is 1. The van der Waals surface area contributed by atoms with Gasteiger partial charge in [0.05, 0.1) is 7.11 Å². The molecule has 0 spiro atoms. The normalized spacial score (nSPS) is 14.2. The molecular weight excluding hydrogens is 278 g/mol. The van der Waals surface area contributed by atoms with Crippen LogP contribution in [-0.2, 0) is 6.54 Å². The lowest BCUT2D eigenvalue weighted by atomic mass is 10.2. The van der Waals surface area contributed by atoms with Crippen molar-refractivity contribution < 1.29 is 4.74 Å². The quantitative estimate of drug-likeness (QED) is 0.914. The maximum atomic E-state index is 5.10. The Labute approximate surface area is 130 Å². The molecule has 1 saturated heterocycles. The molecule has 0 aliphatic carbocycles. The molecule has 2 aromatic heterocycles. The predicted molar refractivity (Wildman–Crippen MR) is 86.3 cm³/mol. The molecule has 1 fully saturated rings. The van der Waals surface area contributed by atoms with E-state index in [-0.39, 0.29) is 0 Å². The summed E-state index contributed by atoms with van der Waals surface area (Å²) in [6.45, 7) is 4.94. The van der Waals surface area contributed by atoms with E-state index in [1.807, 2.05) is 6.92 Å². The van der Waals surface area contributed by atoms with Gasteiger partial charge >= 0.3 is 0 Å². The monoisotopic (exact) mass is 299 g/mol. The molecule has 6 heteroatoms. The van der Waals surface area contributed by atoms with E-state index in [1.54, 1.807) is 13.2 Å². The summed E-state index contributed by atoms with van der Waals surface area (Å²) in [4.78, 5) is 15.2. The molecule has 0 aromatic carbocycles. The molecule has 0 bridgehead atoms. The first-order valence-electron chi connectivity index (χ1n) is 7.57. The fourth-order valence-electron chi connectivity index (χ4n) is 2.67. The van der Waals surface area contributed by atoms with E-state index in [0.29, 0.717) is 12.4 Å². The number of aryl methyl sites for hydroxylation is 1. The molecule has 0 atom stereocenters. The Morgan fingerprint density at radius 2 is 2.00 bits per heavy atom. The fraction of sp³-hybridized carbons (Fsp3) is 0.438. The zero-order valence-corrected chi connectivity index (χ0v) is 13.0. The summed E-state index contributed by atoms with van der Waals surface area (Å²) in [5.74, 6) is 2.39. The van der Waals surface area contributed by atoms with Gasteiger partial charge in [-0.25, -0.2) is 15.0 Å². The van der Waals surface area contributed by atoms with Crippen LogP contribution in [0.2, 0.25) is 0 Å². The van der Waals surface area contributed by atoms with Gasteiger partial charge < -0.3 is 15.0 Å². The van der Waals surface area contributed by atoms with Crippen LogP contribution in [0.1, 0.15) is 24.1 Å². The van der Waals surface area contributed by atoms with Gasteiger partial charge in [0.15, 0.2) is 0 Å². The van der Waals surface area contributed by atoms with E-state index in [4.69, 9.17) is 4.74 Å². The van der Waals surface area contributed by atoms with Crippen molar-refractivity contribution in [3.05, 3.63) is 35.8 Å². The highest BCUT2D eigenvalue weighted by molar-refractivity contribution is 5.45. The van der Waals surface area contributed by atoms with Crippen molar-refractivity contribution in [1.82, 2.24) is 15.0 Å². The number of hydrogen-bond acceptors (Lipinski definition) is 6. The molecule has 3 heterocycles. The van der Waals surface area contributed by atoms with Gasteiger partial charge in [-0.3, -0.25) is 0 Å². The van der Waals surface area contributed by atoms with Crippen LogP contribution < -0.4 is 15.0 Å². The maximum Gasteiger partial charge on any atom is 0.218 e. The van der Waals surface area contributed by atoms with Gasteiger partial charge in [-0.2, -0.15) is 0 Å². The van der Waals surface area contributed by atoms with Gasteiger partial charge in [0.2, 0.25) is 5.88 Å². The Hall–Kier alpha value is -2.37. The van der Waals surface area contributed by atoms with Crippen molar-refractivity contribution in [1.29, 1.82) is 0 Å². The predicted octanol–water partition coefficient (Wildman–Crippen LogP) is 2.40. The topological polar surface area (TPSA) is 63.2 Å². The number of hydrogen-bond donors (Lipinski definition) is 1. The van der Waals surface area contributed by atoms with Crippen LogP contribution in [0.4, 0.5) is 11.6 Å². The van der Waals surface area contributed by atoms with Gasteiger partial charge in [0.1, 0.15) is 18.0 Å². The lowest BCUT2D eigenvalue weighted by Gasteiger charge is -2.18. The van der Waals surface area contributed by atoms with Crippen LogP contribution in [0.5, 0.6) is 5.88 Å². The molecule has 22 heavy (non-hydrogen) atoms. The minimum absolute atomic E-state index is 0.557. The number of rotatable bonds is 5. The second kappa shape index (κ2) is 6.60. The van der Waals surface area contributed by atoms with Crippen molar-refractivity contribution in [3.8, 4) is 5.88 Å². The Kier molecular flexibility index (Phi) is 4.37.